The van der Waals surface area contributed by atoms with Crippen LogP contribution in [0.4, 0.5) is 0 Å². The van der Waals surface area contributed by atoms with Gasteiger partial charge in [-0.25, -0.2) is 4.79 Å². The summed E-state index contributed by atoms with van der Waals surface area (Å²) in [6, 6.07) is 10.6. The third kappa shape index (κ3) is 1.79. The summed E-state index contributed by atoms with van der Waals surface area (Å²) in [4.78, 5) is 12.0. The highest BCUT2D eigenvalue weighted by Gasteiger charge is 2.14. The molecule has 0 aliphatic rings. The van der Waals surface area contributed by atoms with Crippen LogP contribution >= 0.6 is 11.3 Å². The van der Waals surface area contributed by atoms with Crippen LogP contribution in [0.15, 0.2) is 36.4 Å². The van der Waals surface area contributed by atoms with Crippen LogP contribution < -0.4 is 0 Å². The second kappa shape index (κ2) is 4.13. The molecule has 0 bridgehead atoms. The van der Waals surface area contributed by atoms with Gasteiger partial charge in [-0.05, 0) is 30.3 Å². The number of fused-ring (bicyclic) bond motifs is 1. The van der Waals surface area contributed by atoms with Crippen molar-refractivity contribution < 1.29 is 15.0 Å². The van der Waals surface area contributed by atoms with E-state index in [4.69, 9.17) is 5.11 Å². The Bertz CT molecular complexity index is 785. The van der Waals surface area contributed by atoms with Crippen molar-refractivity contribution in [1.82, 2.24) is 4.57 Å². The summed E-state index contributed by atoms with van der Waals surface area (Å²) in [7, 11) is 1.73. The number of hydrogen-bond donors (Lipinski definition) is 2. The van der Waals surface area contributed by atoms with Gasteiger partial charge in [-0.1, -0.05) is 6.07 Å². The van der Waals surface area contributed by atoms with E-state index in [-0.39, 0.29) is 11.4 Å². The monoisotopic (exact) mass is 273 g/mol. The molecule has 0 atom stereocenters. The van der Waals surface area contributed by atoms with Crippen molar-refractivity contribution in [2.24, 2.45) is 7.05 Å². The highest BCUT2D eigenvalue weighted by Crippen LogP contribution is 2.37. The van der Waals surface area contributed by atoms with Gasteiger partial charge in [0.1, 0.15) is 11.4 Å². The molecule has 0 unspecified atom stereocenters. The number of carbonyl (C=O) groups is 1. The van der Waals surface area contributed by atoms with Crippen molar-refractivity contribution in [2.75, 3.05) is 0 Å². The van der Waals surface area contributed by atoms with Gasteiger partial charge in [0.25, 0.3) is 0 Å². The minimum absolute atomic E-state index is 0.243. The first-order chi connectivity index (χ1) is 9.08. The third-order valence-corrected chi connectivity index (χ3v) is 4.25. The molecule has 0 fully saturated rings. The molecular formula is C14H11NO3S. The molecule has 4 nitrogen and oxygen atoms in total. The fourth-order valence-corrected chi connectivity index (χ4v) is 3.29. The van der Waals surface area contributed by atoms with E-state index in [1.807, 2.05) is 12.1 Å². The summed E-state index contributed by atoms with van der Waals surface area (Å²) in [6.45, 7) is 0. The van der Waals surface area contributed by atoms with E-state index < -0.39 is 5.97 Å². The van der Waals surface area contributed by atoms with Crippen LogP contribution in [0.1, 0.15) is 10.5 Å². The van der Waals surface area contributed by atoms with Gasteiger partial charge in [-0.15, -0.1) is 11.3 Å². The largest absolute Gasteiger partial charge is 0.507 e. The zero-order chi connectivity index (χ0) is 13.6. The smallest absolute Gasteiger partial charge is 0.352 e. The van der Waals surface area contributed by atoms with Gasteiger partial charge >= 0.3 is 5.97 Å². The molecule has 0 radical (unpaired) electrons. The molecular weight excluding hydrogens is 262 g/mol. The van der Waals surface area contributed by atoms with E-state index in [9.17, 15) is 9.90 Å². The Hall–Kier alpha value is -2.27. The van der Waals surface area contributed by atoms with E-state index in [1.165, 1.54) is 11.3 Å². The quantitative estimate of drug-likeness (QED) is 0.753. The lowest BCUT2D eigenvalue weighted by Gasteiger charge is -2.02. The Labute approximate surface area is 113 Å². The standard InChI is InChI=1S/C14H11NO3S/c1-15-9(5-6-10(15)14(17)18)13-7-8-11(16)3-2-4-12(8)19-13/h2-7,16H,1H3,(H,17,18). The molecule has 5 heteroatoms. The maximum absolute atomic E-state index is 11.0. The van der Waals surface area contributed by atoms with Crippen LogP contribution in [0.2, 0.25) is 0 Å². The lowest BCUT2D eigenvalue weighted by molar-refractivity contribution is 0.0687. The van der Waals surface area contributed by atoms with E-state index >= 15 is 0 Å². The van der Waals surface area contributed by atoms with Gasteiger partial charge in [0.15, 0.2) is 0 Å². The van der Waals surface area contributed by atoms with Gasteiger partial charge in [-0.2, -0.15) is 0 Å². The zero-order valence-corrected chi connectivity index (χ0v) is 10.9. The summed E-state index contributed by atoms with van der Waals surface area (Å²) < 4.78 is 2.62. The van der Waals surface area contributed by atoms with E-state index in [2.05, 4.69) is 0 Å². The van der Waals surface area contributed by atoms with Crippen LogP contribution in [-0.2, 0) is 7.05 Å². The molecule has 96 valence electrons. The topological polar surface area (TPSA) is 62.5 Å². The molecule has 2 heterocycles. The van der Waals surface area contributed by atoms with Crippen molar-refractivity contribution in [3.8, 4) is 16.3 Å². The number of aromatic carboxylic acids is 1. The molecule has 0 saturated heterocycles. The molecule has 3 aromatic rings. The van der Waals surface area contributed by atoms with Gasteiger partial charge < -0.3 is 14.8 Å². The highest BCUT2D eigenvalue weighted by atomic mass is 32.1. The Balaban J connectivity index is 2.20. The van der Waals surface area contributed by atoms with Crippen LogP contribution in [0.3, 0.4) is 0 Å². The van der Waals surface area contributed by atoms with Crippen molar-refractivity contribution in [1.29, 1.82) is 0 Å². The fraction of sp³-hybridized carbons (Fsp3) is 0.0714. The average Bonchev–Trinajstić information content (AvgIpc) is 2.93. The Morgan fingerprint density at radius 2 is 2.05 bits per heavy atom. The van der Waals surface area contributed by atoms with E-state index in [0.29, 0.717) is 0 Å². The van der Waals surface area contributed by atoms with Gasteiger partial charge in [0, 0.05) is 17.1 Å². The lowest BCUT2D eigenvalue weighted by atomic mass is 10.2. The first-order valence-electron chi connectivity index (χ1n) is 5.69. The minimum Gasteiger partial charge on any atom is -0.507 e. The molecule has 1 aromatic carbocycles. The highest BCUT2D eigenvalue weighted by molar-refractivity contribution is 7.22. The number of carboxylic acid groups (broad SMARTS) is 1. The summed E-state index contributed by atoms with van der Waals surface area (Å²) in [6.07, 6.45) is 0. The number of hydrogen-bond acceptors (Lipinski definition) is 3. The number of nitrogens with zero attached hydrogens (tertiary/aromatic N) is 1. The van der Waals surface area contributed by atoms with Gasteiger partial charge in [0.05, 0.1) is 10.6 Å². The number of aromatic hydroxyl groups is 1. The minimum atomic E-state index is -0.947. The number of aromatic nitrogens is 1. The molecule has 0 spiro atoms. The Kier molecular flexibility index (Phi) is 2.57. The van der Waals surface area contributed by atoms with Crippen molar-refractivity contribution in [2.45, 2.75) is 0 Å². The number of benzene rings is 1. The van der Waals surface area contributed by atoms with Crippen LogP contribution in [0, 0.1) is 0 Å². The predicted molar refractivity (Wildman–Crippen MR) is 74.9 cm³/mol. The number of phenolic OH excluding ortho intramolecular Hbond substituents is 1. The second-order valence-electron chi connectivity index (χ2n) is 4.27. The molecule has 2 aromatic heterocycles. The zero-order valence-electron chi connectivity index (χ0n) is 10.1. The van der Waals surface area contributed by atoms with Crippen LogP contribution in [0.25, 0.3) is 20.7 Å². The van der Waals surface area contributed by atoms with Crippen molar-refractivity contribution >= 4 is 27.4 Å². The number of rotatable bonds is 2. The SMILES string of the molecule is Cn1c(C(=O)O)ccc1-c1cc2c(O)cccc2s1. The van der Waals surface area contributed by atoms with Gasteiger partial charge in [-0.3, -0.25) is 0 Å². The number of carboxylic acids is 1. The first kappa shape index (κ1) is 11.8. The predicted octanol–water partition coefficient (Wildman–Crippen LogP) is 3.31. The molecule has 0 saturated carbocycles. The first-order valence-corrected chi connectivity index (χ1v) is 6.50. The van der Waals surface area contributed by atoms with Crippen molar-refractivity contribution in [3.63, 3.8) is 0 Å². The van der Waals surface area contributed by atoms with Crippen LogP contribution in [-0.4, -0.2) is 20.7 Å². The van der Waals surface area contributed by atoms with Gasteiger partial charge in [0.2, 0.25) is 0 Å². The number of phenols is 1. The summed E-state index contributed by atoms with van der Waals surface area (Å²) >= 11 is 1.53. The molecule has 0 aliphatic heterocycles. The Morgan fingerprint density at radius 3 is 2.68 bits per heavy atom. The van der Waals surface area contributed by atoms with E-state index in [0.717, 1.165) is 20.7 Å². The van der Waals surface area contributed by atoms with Crippen LogP contribution in [0.5, 0.6) is 5.75 Å². The summed E-state index contributed by atoms with van der Waals surface area (Å²) in [5.74, 6) is -0.703. The summed E-state index contributed by atoms with van der Waals surface area (Å²) in [5.41, 5.74) is 1.08. The lowest BCUT2D eigenvalue weighted by Crippen LogP contribution is -2.04. The molecule has 3 rings (SSSR count). The normalized spacial score (nSPS) is 11.0. The summed E-state index contributed by atoms with van der Waals surface area (Å²) in [5, 5.41) is 19.6. The van der Waals surface area contributed by atoms with Crippen molar-refractivity contribution in [3.05, 3.63) is 42.1 Å². The molecule has 19 heavy (non-hydrogen) atoms. The molecule has 0 amide bonds. The Morgan fingerprint density at radius 1 is 1.26 bits per heavy atom. The molecule has 2 N–H and O–H groups in total. The maximum atomic E-state index is 11.0. The molecule has 0 aliphatic carbocycles. The third-order valence-electron chi connectivity index (χ3n) is 3.13. The average molecular weight is 273 g/mol. The second-order valence-corrected chi connectivity index (χ2v) is 5.35. The fourth-order valence-electron chi connectivity index (χ4n) is 2.15. The van der Waals surface area contributed by atoms with E-state index in [1.54, 1.807) is 35.9 Å². The maximum Gasteiger partial charge on any atom is 0.352 e. The number of thiophene rings is 1.